The van der Waals surface area contributed by atoms with Crippen molar-refractivity contribution in [3.8, 4) is 0 Å². The third kappa shape index (κ3) is 2.13. The lowest BCUT2D eigenvalue weighted by Gasteiger charge is -2.34. The number of carbonyl (C=O) groups is 2. The highest BCUT2D eigenvalue weighted by Gasteiger charge is 2.47. The fourth-order valence-electron chi connectivity index (χ4n) is 3.44. The molecule has 4 nitrogen and oxygen atoms in total. The molecule has 2 rings (SSSR count). The summed E-state index contributed by atoms with van der Waals surface area (Å²) in [5.41, 5.74) is 0. The van der Waals surface area contributed by atoms with Gasteiger partial charge in [0, 0.05) is 13.5 Å². The maximum atomic E-state index is 12.2. The molecule has 1 saturated carbocycles. The molecule has 0 bridgehead atoms. The van der Waals surface area contributed by atoms with Crippen LogP contribution in [0.1, 0.15) is 52.4 Å². The summed E-state index contributed by atoms with van der Waals surface area (Å²) in [6.45, 7) is 3.90. The molecule has 0 aromatic rings. The summed E-state index contributed by atoms with van der Waals surface area (Å²) in [6, 6.07) is 0.135. The number of urea groups is 1. The van der Waals surface area contributed by atoms with Gasteiger partial charge in [-0.05, 0) is 25.7 Å². The van der Waals surface area contributed by atoms with Gasteiger partial charge >= 0.3 is 6.03 Å². The summed E-state index contributed by atoms with van der Waals surface area (Å²) in [6.07, 6.45) is 6.49. The van der Waals surface area contributed by atoms with Gasteiger partial charge < -0.3 is 4.90 Å². The van der Waals surface area contributed by atoms with Crippen LogP contribution in [0.15, 0.2) is 0 Å². The normalized spacial score (nSPS) is 30.1. The van der Waals surface area contributed by atoms with E-state index in [0.29, 0.717) is 12.3 Å². The molecule has 1 aliphatic carbocycles. The lowest BCUT2D eigenvalue weighted by Crippen LogP contribution is -2.45. The molecule has 0 aromatic carbocycles. The van der Waals surface area contributed by atoms with E-state index in [1.54, 1.807) is 9.80 Å². The van der Waals surface area contributed by atoms with Crippen molar-refractivity contribution in [1.29, 1.82) is 0 Å². The molecule has 102 valence electrons. The molecule has 1 heterocycles. The average Bonchev–Trinajstić information content (AvgIpc) is 2.63. The van der Waals surface area contributed by atoms with Crippen LogP contribution in [-0.4, -0.2) is 40.9 Å². The number of nitrogens with zero attached hydrogens (tertiary/aromatic N) is 2. The summed E-state index contributed by atoms with van der Waals surface area (Å²) in [7, 11) is 1.81. The van der Waals surface area contributed by atoms with Crippen molar-refractivity contribution in [2.45, 2.75) is 64.5 Å². The van der Waals surface area contributed by atoms with Crippen LogP contribution in [-0.2, 0) is 4.79 Å². The summed E-state index contributed by atoms with van der Waals surface area (Å²) in [5, 5.41) is 0. The van der Waals surface area contributed by atoms with E-state index in [-0.39, 0.29) is 24.0 Å². The fraction of sp³-hybridized carbons (Fsp3) is 0.857. The number of likely N-dealkylation sites (N-methyl/N-ethyl adjacent to an activating group) is 1. The Kier molecular flexibility index (Phi) is 3.93. The zero-order chi connectivity index (χ0) is 13.3. The predicted molar refractivity (Wildman–Crippen MR) is 70.1 cm³/mol. The Bertz CT molecular complexity index is 337. The van der Waals surface area contributed by atoms with E-state index < -0.39 is 0 Å². The molecule has 3 amide bonds. The number of rotatable bonds is 2. The van der Waals surface area contributed by atoms with Gasteiger partial charge in [0.05, 0.1) is 12.1 Å². The predicted octanol–water partition coefficient (Wildman–Crippen LogP) is 2.63. The van der Waals surface area contributed by atoms with Crippen molar-refractivity contribution in [2.24, 2.45) is 5.92 Å². The number of carbonyl (C=O) groups excluding carboxylic acids is 2. The van der Waals surface area contributed by atoms with Crippen molar-refractivity contribution >= 4 is 11.9 Å². The second-order valence-electron chi connectivity index (χ2n) is 5.64. The maximum Gasteiger partial charge on any atom is 0.327 e. The second kappa shape index (κ2) is 5.29. The van der Waals surface area contributed by atoms with Gasteiger partial charge in [0.1, 0.15) is 0 Å². The fourth-order valence-corrected chi connectivity index (χ4v) is 3.44. The molecule has 1 aliphatic heterocycles. The molecule has 2 atom stereocenters. The Morgan fingerprint density at radius 2 is 1.89 bits per heavy atom. The highest BCUT2D eigenvalue weighted by atomic mass is 16.2. The number of imide groups is 1. The third-order valence-corrected chi connectivity index (χ3v) is 4.62. The SMILES string of the molecule is CCC(=O)N1C(=O)N(C)[C@@H](C)[C@H]1C1CCCCC1. The number of amides is 3. The lowest BCUT2D eigenvalue weighted by molar-refractivity contribution is -0.130. The van der Waals surface area contributed by atoms with Gasteiger partial charge in [-0.25, -0.2) is 4.79 Å². The van der Waals surface area contributed by atoms with Crippen molar-refractivity contribution < 1.29 is 9.59 Å². The highest BCUT2D eigenvalue weighted by Crippen LogP contribution is 2.35. The highest BCUT2D eigenvalue weighted by molar-refractivity contribution is 5.96. The van der Waals surface area contributed by atoms with Gasteiger partial charge in [0.15, 0.2) is 0 Å². The Balaban J connectivity index is 2.22. The van der Waals surface area contributed by atoms with Crippen LogP contribution >= 0.6 is 0 Å². The zero-order valence-corrected chi connectivity index (χ0v) is 11.7. The molecular weight excluding hydrogens is 228 g/mol. The summed E-state index contributed by atoms with van der Waals surface area (Å²) in [5.74, 6) is 0.477. The van der Waals surface area contributed by atoms with Crippen LogP contribution in [0.3, 0.4) is 0 Å². The van der Waals surface area contributed by atoms with E-state index in [1.807, 2.05) is 14.0 Å². The first-order chi connectivity index (χ1) is 8.57. The molecule has 0 aromatic heterocycles. The van der Waals surface area contributed by atoms with E-state index in [0.717, 1.165) is 12.8 Å². The quantitative estimate of drug-likeness (QED) is 0.758. The molecule has 0 unspecified atom stereocenters. The first-order valence-electron chi connectivity index (χ1n) is 7.16. The van der Waals surface area contributed by atoms with Gasteiger partial charge in [-0.2, -0.15) is 0 Å². The minimum Gasteiger partial charge on any atom is -0.323 e. The summed E-state index contributed by atoms with van der Waals surface area (Å²) in [4.78, 5) is 27.5. The first kappa shape index (κ1) is 13.4. The van der Waals surface area contributed by atoms with Crippen LogP contribution in [0.2, 0.25) is 0 Å². The van der Waals surface area contributed by atoms with E-state index in [1.165, 1.54) is 19.3 Å². The Morgan fingerprint density at radius 1 is 1.28 bits per heavy atom. The number of hydrogen-bond donors (Lipinski definition) is 0. The Labute approximate surface area is 109 Å². The van der Waals surface area contributed by atoms with Crippen molar-refractivity contribution in [3.05, 3.63) is 0 Å². The van der Waals surface area contributed by atoms with E-state index in [9.17, 15) is 9.59 Å². The molecule has 0 radical (unpaired) electrons. The molecule has 2 fully saturated rings. The van der Waals surface area contributed by atoms with Crippen LogP contribution in [0.4, 0.5) is 4.79 Å². The monoisotopic (exact) mass is 252 g/mol. The minimum atomic E-state index is -0.107. The Morgan fingerprint density at radius 3 is 2.44 bits per heavy atom. The van der Waals surface area contributed by atoms with E-state index >= 15 is 0 Å². The van der Waals surface area contributed by atoms with Crippen LogP contribution in [0, 0.1) is 5.92 Å². The Hall–Kier alpha value is -1.06. The van der Waals surface area contributed by atoms with Gasteiger partial charge in [0.2, 0.25) is 5.91 Å². The summed E-state index contributed by atoms with van der Waals surface area (Å²) < 4.78 is 0. The van der Waals surface area contributed by atoms with E-state index in [2.05, 4.69) is 6.92 Å². The lowest BCUT2D eigenvalue weighted by atomic mass is 9.81. The molecule has 0 N–H and O–H groups in total. The molecule has 2 aliphatic rings. The van der Waals surface area contributed by atoms with Crippen LogP contribution < -0.4 is 0 Å². The summed E-state index contributed by atoms with van der Waals surface area (Å²) >= 11 is 0. The van der Waals surface area contributed by atoms with Crippen LogP contribution in [0.25, 0.3) is 0 Å². The van der Waals surface area contributed by atoms with Crippen molar-refractivity contribution in [1.82, 2.24) is 9.80 Å². The average molecular weight is 252 g/mol. The van der Waals surface area contributed by atoms with Crippen molar-refractivity contribution in [2.75, 3.05) is 7.05 Å². The largest absolute Gasteiger partial charge is 0.327 e. The standard InChI is InChI=1S/C14H24N2O2/c1-4-12(17)16-13(10(2)15(3)14(16)18)11-8-6-5-7-9-11/h10-11,13H,4-9H2,1-3H3/t10-,13-/m0/s1. The van der Waals surface area contributed by atoms with Gasteiger partial charge in [-0.3, -0.25) is 9.69 Å². The van der Waals surface area contributed by atoms with Crippen molar-refractivity contribution in [3.63, 3.8) is 0 Å². The molecule has 1 saturated heterocycles. The molecule has 0 spiro atoms. The van der Waals surface area contributed by atoms with Gasteiger partial charge in [-0.15, -0.1) is 0 Å². The molecular formula is C14H24N2O2. The number of hydrogen-bond acceptors (Lipinski definition) is 2. The molecule has 18 heavy (non-hydrogen) atoms. The smallest absolute Gasteiger partial charge is 0.323 e. The first-order valence-corrected chi connectivity index (χ1v) is 7.16. The van der Waals surface area contributed by atoms with Gasteiger partial charge in [-0.1, -0.05) is 26.2 Å². The van der Waals surface area contributed by atoms with Crippen LogP contribution in [0.5, 0.6) is 0 Å². The molecule has 4 heteroatoms. The topological polar surface area (TPSA) is 40.6 Å². The third-order valence-electron chi connectivity index (χ3n) is 4.62. The maximum absolute atomic E-state index is 12.2. The zero-order valence-electron chi connectivity index (χ0n) is 11.7. The minimum absolute atomic E-state index is 0.0215. The second-order valence-corrected chi connectivity index (χ2v) is 5.64. The van der Waals surface area contributed by atoms with Gasteiger partial charge in [0.25, 0.3) is 0 Å². The van der Waals surface area contributed by atoms with E-state index in [4.69, 9.17) is 0 Å².